The smallest absolute Gasteiger partial charge is 0.335 e. The molecule has 0 fully saturated rings. The van der Waals surface area contributed by atoms with Crippen LogP contribution in [0.4, 0.5) is 0 Å². The molecule has 0 N–H and O–H groups in total. The Kier molecular flexibility index (Phi) is 8.38. The molecule has 0 atom stereocenters. The highest BCUT2D eigenvalue weighted by Gasteiger charge is 2.33. The minimum Gasteiger partial charge on any atom is -0.497 e. The van der Waals surface area contributed by atoms with Gasteiger partial charge in [-0.15, -0.1) is 10.2 Å². The zero-order chi connectivity index (χ0) is 22.5. The summed E-state index contributed by atoms with van der Waals surface area (Å²) in [5.74, 6) is 2.88. The molecule has 0 unspecified atom stereocenters. The van der Waals surface area contributed by atoms with Gasteiger partial charge in [0.15, 0.2) is 0 Å². The van der Waals surface area contributed by atoms with Crippen LogP contribution in [-0.2, 0) is 10.8 Å². The average molecular weight is 425 g/mol. The van der Waals surface area contributed by atoms with Gasteiger partial charge in [0.05, 0.1) is 17.9 Å². The van der Waals surface area contributed by atoms with E-state index in [0.29, 0.717) is 0 Å². The van der Waals surface area contributed by atoms with Gasteiger partial charge in [-0.25, -0.2) is 23.1 Å². The minimum atomic E-state index is -4.94. The molecular formula is C22H29ClO6. The first kappa shape index (κ1) is 25.1. The molecule has 2 aromatic rings. The Morgan fingerprint density at radius 2 is 1.14 bits per heavy atom. The first-order valence-electron chi connectivity index (χ1n) is 9.02. The molecule has 0 saturated carbocycles. The Bertz CT molecular complexity index is 771. The third-order valence-corrected chi connectivity index (χ3v) is 3.88. The molecule has 7 heteroatoms. The molecule has 0 radical (unpaired) electrons. The summed E-state index contributed by atoms with van der Waals surface area (Å²) in [6, 6.07) is 12.3. The third kappa shape index (κ3) is 9.87. The van der Waals surface area contributed by atoms with E-state index >= 15 is 0 Å². The Morgan fingerprint density at radius 3 is 1.48 bits per heavy atom. The fraction of sp³-hybridized carbons (Fsp3) is 0.409. The topological polar surface area (TPSA) is 113 Å². The molecule has 160 valence electrons. The van der Waals surface area contributed by atoms with E-state index in [2.05, 4.69) is 78.0 Å². The predicted octanol–water partition coefficient (Wildman–Crippen LogP) is 1.58. The molecule has 29 heavy (non-hydrogen) atoms. The van der Waals surface area contributed by atoms with Crippen molar-refractivity contribution in [3.63, 3.8) is 0 Å². The second-order valence-electron chi connectivity index (χ2n) is 8.60. The molecule has 1 aromatic carbocycles. The summed E-state index contributed by atoms with van der Waals surface area (Å²) in [4.78, 5) is 0. The Morgan fingerprint density at radius 1 is 0.759 bits per heavy atom. The van der Waals surface area contributed by atoms with Crippen LogP contribution in [0.5, 0.6) is 5.75 Å². The number of hydrogen-bond donors (Lipinski definition) is 0. The van der Waals surface area contributed by atoms with Gasteiger partial charge in [0.25, 0.3) is 0 Å². The summed E-state index contributed by atoms with van der Waals surface area (Å²) >= 11 is 0. The fourth-order valence-corrected chi connectivity index (χ4v) is 2.26. The maximum absolute atomic E-state index is 8.49. The lowest BCUT2D eigenvalue weighted by Gasteiger charge is -2.17. The molecule has 2 rings (SSSR count). The van der Waals surface area contributed by atoms with E-state index in [0.717, 1.165) is 28.4 Å². The van der Waals surface area contributed by atoms with Gasteiger partial charge in [0, 0.05) is 12.1 Å². The Balaban J connectivity index is 0.000000749. The fourth-order valence-electron chi connectivity index (χ4n) is 2.26. The van der Waals surface area contributed by atoms with Gasteiger partial charge >= 0.3 is 11.5 Å². The first-order valence-corrected chi connectivity index (χ1v) is 10.3. The monoisotopic (exact) mass is 424 g/mol. The highest BCUT2D eigenvalue weighted by Crippen LogP contribution is 2.31. The number of methoxy groups -OCH3 is 1. The summed E-state index contributed by atoms with van der Waals surface area (Å²) < 4.78 is 45.4. The number of benzene rings is 1. The average Bonchev–Trinajstić information content (AvgIpc) is 2.57. The van der Waals surface area contributed by atoms with Crippen molar-refractivity contribution in [1.82, 2.24) is 0 Å². The number of ether oxygens (including phenoxy) is 1. The molecule has 0 aliphatic rings. The van der Waals surface area contributed by atoms with Crippen LogP contribution in [0.25, 0.3) is 12.2 Å². The van der Waals surface area contributed by atoms with Gasteiger partial charge in [-0.2, -0.15) is 0 Å². The molecule has 1 aromatic heterocycles. The van der Waals surface area contributed by atoms with Gasteiger partial charge < -0.3 is 4.74 Å². The van der Waals surface area contributed by atoms with Crippen molar-refractivity contribution < 1.29 is 38.0 Å². The normalized spacial score (nSPS) is 12.5. The van der Waals surface area contributed by atoms with Crippen molar-refractivity contribution in [3.8, 4) is 5.75 Å². The molecular weight excluding hydrogens is 396 g/mol. The summed E-state index contributed by atoms with van der Waals surface area (Å²) in [7, 11) is -3.26. The van der Waals surface area contributed by atoms with Gasteiger partial charge in [0.2, 0.25) is 0 Å². The largest absolute Gasteiger partial charge is 0.497 e. The molecule has 6 nitrogen and oxygen atoms in total. The van der Waals surface area contributed by atoms with Crippen molar-refractivity contribution in [2.24, 2.45) is 0 Å². The maximum Gasteiger partial charge on any atom is 0.335 e. The Hall–Kier alpha value is -1.96. The van der Waals surface area contributed by atoms with Crippen LogP contribution in [0.15, 0.2) is 40.8 Å². The van der Waals surface area contributed by atoms with E-state index in [-0.39, 0.29) is 10.8 Å². The zero-order valence-electron chi connectivity index (χ0n) is 17.9. The Labute approximate surface area is 174 Å². The molecule has 1 heterocycles. The summed E-state index contributed by atoms with van der Waals surface area (Å²) in [6.45, 7) is 13.1. The van der Waals surface area contributed by atoms with E-state index in [1.165, 1.54) is 0 Å². The molecule has 0 amide bonds. The van der Waals surface area contributed by atoms with Crippen molar-refractivity contribution in [1.29, 1.82) is 0 Å². The standard InChI is InChI=1S/C22H29O2.ClHO4/c1-21(2,3)19-14-17(15-20(24-19)22(4,5)6)9-8-16-10-12-18(23-7)13-11-16;2-1(3,4)5/h8-15H,1-7H3;(H,2,3,4,5)/q+1;/p-1. The van der Waals surface area contributed by atoms with Crippen molar-refractivity contribution in [2.45, 2.75) is 52.4 Å². The number of rotatable bonds is 3. The van der Waals surface area contributed by atoms with Crippen LogP contribution in [0.3, 0.4) is 0 Å². The SMILES string of the molecule is COc1ccc(C=Cc2cc(C(C)(C)C)[o+]c(C(C)(C)C)c2)cc1.[O-][Cl+3]([O-])([O-])[O-]. The lowest BCUT2D eigenvalue weighted by atomic mass is 9.88. The second kappa shape index (κ2) is 9.69. The van der Waals surface area contributed by atoms with Crippen LogP contribution < -0.4 is 23.4 Å². The van der Waals surface area contributed by atoms with Gasteiger partial charge in [-0.3, -0.25) is 0 Å². The first-order chi connectivity index (χ1) is 13.1. The van der Waals surface area contributed by atoms with Crippen LogP contribution in [0.2, 0.25) is 0 Å². The second-order valence-corrected chi connectivity index (χ2v) is 9.36. The lowest BCUT2D eigenvalue weighted by molar-refractivity contribution is -2.00. The predicted molar refractivity (Wildman–Crippen MR) is 102 cm³/mol. The number of halogens is 1. The van der Waals surface area contributed by atoms with Crippen LogP contribution in [-0.4, -0.2) is 7.11 Å². The van der Waals surface area contributed by atoms with Gasteiger partial charge in [0.1, 0.15) is 5.75 Å². The summed E-state index contributed by atoms with van der Waals surface area (Å²) in [5.41, 5.74) is 2.26. The van der Waals surface area contributed by atoms with Crippen molar-refractivity contribution in [2.75, 3.05) is 7.11 Å². The van der Waals surface area contributed by atoms with Gasteiger partial charge in [-0.1, -0.05) is 24.3 Å². The summed E-state index contributed by atoms with van der Waals surface area (Å²) in [5, 5.41) is 0. The number of hydrogen-bond acceptors (Lipinski definition) is 5. The molecule has 0 aliphatic heterocycles. The third-order valence-electron chi connectivity index (χ3n) is 3.88. The van der Waals surface area contributed by atoms with Crippen molar-refractivity contribution in [3.05, 3.63) is 59.0 Å². The van der Waals surface area contributed by atoms with E-state index in [9.17, 15) is 0 Å². The van der Waals surface area contributed by atoms with E-state index in [1.807, 2.05) is 12.1 Å². The van der Waals surface area contributed by atoms with E-state index in [4.69, 9.17) is 27.8 Å². The highest BCUT2D eigenvalue weighted by molar-refractivity contribution is 5.70. The van der Waals surface area contributed by atoms with Crippen molar-refractivity contribution >= 4 is 12.2 Å². The van der Waals surface area contributed by atoms with Crippen LogP contribution >= 0.6 is 0 Å². The minimum absolute atomic E-state index is 0.0238. The highest BCUT2D eigenvalue weighted by atomic mass is 35.7. The van der Waals surface area contributed by atoms with Gasteiger partial charge in [-0.05, 0) is 64.8 Å². The van der Waals surface area contributed by atoms with E-state index < -0.39 is 10.2 Å². The molecule has 0 spiro atoms. The quantitative estimate of drug-likeness (QED) is 0.691. The zero-order valence-corrected chi connectivity index (χ0v) is 18.7. The molecule has 0 saturated heterocycles. The van der Waals surface area contributed by atoms with Crippen LogP contribution in [0.1, 0.15) is 64.2 Å². The lowest BCUT2D eigenvalue weighted by Crippen LogP contribution is -2.68. The molecule has 0 aliphatic carbocycles. The molecule has 0 bridgehead atoms. The maximum atomic E-state index is 8.49. The summed E-state index contributed by atoms with van der Waals surface area (Å²) in [6.07, 6.45) is 4.26. The van der Waals surface area contributed by atoms with Crippen LogP contribution in [0, 0.1) is 10.2 Å². The van der Waals surface area contributed by atoms with E-state index in [1.54, 1.807) is 7.11 Å².